The summed E-state index contributed by atoms with van der Waals surface area (Å²) >= 11 is 0. The molecule has 4 nitrogen and oxygen atoms in total. The first kappa shape index (κ1) is 13.9. The minimum absolute atomic E-state index is 0.0229. The van der Waals surface area contributed by atoms with Gasteiger partial charge >= 0.3 is 0 Å². The summed E-state index contributed by atoms with van der Waals surface area (Å²) in [6.07, 6.45) is 3.76. The monoisotopic (exact) mass is 262 g/mol. The number of carbonyl (C=O) groups excluding carboxylic acids is 1. The van der Waals surface area contributed by atoms with Crippen molar-refractivity contribution < 1.29 is 9.90 Å². The Hall–Kier alpha value is -1.55. The Morgan fingerprint density at radius 3 is 3.00 bits per heavy atom. The van der Waals surface area contributed by atoms with Crippen molar-refractivity contribution in [3.8, 4) is 5.75 Å². The number of nitrogens with one attached hydrogen (secondary N) is 2. The molecule has 19 heavy (non-hydrogen) atoms. The predicted octanol–water partition coefficient (Wildman–Crippen LogP) is 1.44. The topological polar surface area (TPSA) is 61.4 Å². The highest BCUT2D eigenvalue weighted by Gasteiger charge is 2.13. The fourth-order valence-corrected chi connectivity index (χ4v) is 2.48. The molecular formula is C15H22N2O2. The van der Waals surface area contributed by atoms with Gasteiger partial charge in [-0.3, -0.25) is 4.79 Å². The summed E-state index contributed by atoms with van der Waals surface area (Å²) in [5, 5.41) is 15.9. The van der Waals surface area contributed by atoms with Gasteiger partial charge in [0.15, 0.2) is 0 Å². The van der Waals surface area contributed by atoms with Gasteiger partial charge in [-0.2, -0.15) is 0 Å². The van der Waals surface area contributed by atoms with Crippen LogP contribution in [0.2, 0.25) is 0 Å². The first-order valence-corrected chi connectivity index (χ1v) is 7.00. The molecule has 1 amide bonds. The number of phenols is 1. The lowest BCUT2D eigenvalue weighted by atomic mass is 9.96. The van der Waals surface area contributed by atoms with E-state index in [0.717, 1.165) is 26.1 Å². The zero-order chi connectivity index (χ0) is 13.5. The van der Waals surface area contributed by atoms with E-state index in [0.29, 0.717) is 11.5 Å². The van der Waals surface area contributed by atoms with Gasteiger partial charge in [0.05, 0.1) is 6.42 Å². The highest BCUT2D eigenvalue weighted by molar-refractivity contribution is 5.79. The van der Waals surface area contributed by atoms with Gasteiger partial charge in [-0.1, -0.05) is 18.2 Å². The van der Waals surface area contributed by atoms with Crippen LogP contribution in [0.25, 0.3) is 0 Å². The molecule has 1 fully saturated rings. The third kappa shape index (κ3) is 4.56. The number of hydrogen-bond donors (Lipinski definition) is 3. The average Bonchev–Trinajstić information content (AvgIpc) is 2.43. The van der Waals surface area contributed by atoms with Crippen molar-refractivity contribution in [3.63, 3.8) is 0 Å². The summed E-state index contributed by atoms with van der Waals surface area (Å²) in [7, 11) is 0. The molecule has 1 aromatic rings. The number of carbonyl (C=O) groups is 1. The van der Waals surface area contributed by atoms with E-state index in [-0.39, 0.29) is 18.1 Å². The Balaban J connectivity index is 1.68. The molecule has 1 heterocycles. The standard InChI is InChI=1S/C15H22N2O2/c18-14-6-2-1-5-13(14)10-15(19)17-9-7-12-4-3-8-16-11-12/h1-2,5-6,12,16,18H,3-4,7-11H2,(H,17,19). The lowest BCUT2D eigenvalue weighted by molar-refractivity contribution is -0.120. The van der Waals surface area contributed by atoms with Gasteiger partial charge in [-0.05, 0) is 44.3 Å². The number of aromatic hydroxyl groups is 1. The molecule has 4 heteroatoms. The number of hydrogen-bond acceptors (Lipinski definition) is 3. The second kappa shape index (κ2) is 7.14. The smallest absolute Gasteiger partial charge is 0.224 e. The molecule has 1 aliphatic rings. The summed E-state index contributed by atoms with van der Waals surface area (Å²) in [6.45, 7) is 2.91. The maximum Gasteiger partial charge on any atom is 0.224 e. The molecule has 3 N–H and O–H groups in total. The van der Waals surface area contributed by atoms with Crippen LogP contribution >= 0.6 is 0 Å². The third-order valence-corrected chi connectivity index (χ3v) is 3.62. The Bertz CT molecular complexity index is 414. The molecule has 1 aliphatic heterocycles. The highest BCUT2D eigenvalue weighted by Crippen LogP contribution is 2.16. The van der Waals surface area contributed by atoms with E-state index >= 15 is 0 Å². The third-order valence-electron chi connectivity index (χ3n) is 3.62. The van der Waals surface area contributed by atoms with Crippen LogP contribution in [0.15, 0.2) is 24.3 Å². The van der Waals surface area contributed by atoms with Gasteiger partial charge in [0.1, 0.15) is 5.75 Å². The van der Waals surface area contributed by atoms with Gasteiger partial charge in [0.25, 0.3) is 0 Å². The van der Waals surface area contributed by atoms with E-state index < -0.39 is 0 Å². The van der Waals surface area contributed by atoms with Crippen LogP contribution in [-0.2, 0) is 11.2 Å². The number of rotatable bonds is 5. The Labute approximate surface area is 114 Å². The van der Waals surface area contributed by atoms with Crippen molar-refractivity contribution in [3.05, 3.63) is 29.8 Å². The average molecular weight is 262 g/mol. The van der Waals surface area contributed by atoms with Gasteiger partial charge < -0.3 is 15.7 Å². The van der Waals surface area contributed by atoms with Crippen LogP contribution in [0.1, 0.15) is 24.8 Å². The zero-order valence-electron chi connectivity index (χ0n) is 11.2. The van der Waals surface area contributed by atoms with E-state index in [2.05, 4.69) is 10.6 Å². The van der Waals surface area contributed by atoms with Crippen molar-refractivity contribution in [2.45, 2.75) is 25.7 Å². The molecule has 1 saturated heterocycles. The molecule has 0 aromatic heterocycles. The number of piperidine rings is 1. The van der Waals surface area contributed by atoms with Crippen molar-refractivity contribution in [2.24, 2.45) is 5.92 Å². The molecule has 0 radical (unpaired) electrons. The van der Waals surface area contributed by atoms with E-state index in [4.69, 9.17) is 0 Å². The molecular weight excluding hydrogens is 240 g/mol. The maximum atomic E-state index is 11.8. The van der Waals surface area contributed by atoms with Crippen molar-refractivity contribution in [1.82, 2.24) is 10.6 Å². The quantitative estimate of drug-likeness (QED) is 0.752. The molecule has 2 rings (SSSR count). The van der Waals surface area contributed by atoms with Crippen molar-refractivity contribution in [1.29, 1.82) is 0 Å². The number of benzene rings is 1. The summed E-state index contributed by atoms with van der Waals surface area (Å²) in [4.78, 5) is 11.8. The fraction of sp³-hybridized carbons (Fsp3) is 0.533. The van der Waals surface area contributed by atoms with Crippen LogP contribution < -0.4 is 10.6 Å². The van der Waals surface area contributed by atoms with Gasteiger partial charge in [-0.25, -0.2) is 0 Å². The molecule has 0 spiro atoms. The minimum Gasteiger partial charge on any atom is -0.508 e. The lowest BCUT2D eigenvalue weighted by Crippen LogP contribution is -2.33. The van der Waals surface area contributed by atoms with Crippen molar-refractivity contribution >= 4 is 5.91 Å². The SMILES string of the molecule is O=C(Cc1ccccc1O)NCCC1CCCNC1. The predicted molar refractivity (Wildman–Crippen MR) is 75.0 cm³/mol. The normalized spacial score (nSPS) is 19.1. The Kier molecular flexibility index (Phi) is 5.21. The molecule has 0 bridgehead atoms. The number of phenolic OH excluding ortho intramolecular Hbond substituents is 1. The largest absolute Gasteiger partial charge is 0.508 e. The molecule has 0 aliphatic carbocycles. The number of para-hydroxylation sites is 1. The number of amides is 1. The highest BCUT2D eigenvalue weighted by atomic mass is 16.3. The van der Waals surface area contributed by atoms with Gasteiger partial charge in [-0.15, -0.1) is 0 Å². The summed E-state index contributed by atoms with van der Waals surface area (Å²) in [5.74, 6) is 0.846. The van der Waals surface area contributed by atoms with E-state index in [1.54, 1.807) is 18.2 Å². The molecule has 1 aromatic carbocycles. The molecule has 0 saturated carbocycles. The minimum atomic E-state index is -0.0229. The molecule has 1 atom stereocenters. The first-order valence-electron chi connectivity index (χ1n) is 7.00. The Morgan fingerprint density at radius 1 is 1.42 bits per heavy atom. The second-order valence-corrected chi connectivity index (χ2v) is 5.16. The van der Waals surface area contributed by atoms with Crippen molar-refractivity contribution in [2.75, 3.05) is 19.6 Å². The van der Waals surface area contributed by atoms with Gasteiger partial charge in [0.2, 0.25) is 5.91 Å². The van der Waals surface area contributed by atoms with E-state index in [1.807, 2.05) is 6.07 Å². The van der Waals surface area contributed by atoms with Crippen LogP contribution in [-0.4, -0.2) is 30.6 Å². The Morgan fingerprint density at radius 2 is 2.26 bits per heavy atom. The van der Waals surface area contributed by atoms with Crippen LogP contribution in [0.3, 0.4) is 0 Å². The summed E-state index contributed by atoms with van der Waals surface area (Å²) in [6, 6.07) is 6.97. The fourth-order valence-electron chi connectivity index (χ4n) is 2.48. The second-order valence-electron chi connectivity index (χ2n) is 5.16. The summed E-state index contributed by atoms with van der Waals surface area (Å²) < 4.78 is 0. The zero-order valence-corrected chi connectivity index (χ0v) is 11.2. The molecule has 104 valence electrons. The first-order chi connectivity index (χ1) is 9.25. The lowest BCUT2D eigenvalue weighted by Gasteiger charge is -2.22. The molecule has 1 unspecified atom stereocenters. The van der Waals surface area contributed by atoms with E-state index in [9.17, 15) is 9.90 Å². The van der Waals surface area contributed by atoms with Crippen LogP contribution in [0.5, 0.6) is 5.75 Å². The van der Waals surface area contributed by atoms with E-state index in [1.165, 1.54) is 12.8 Å². The van der Waals surface area contributed by atoms with Gasteiger partial charge in [0, 0.05) is 12.1 Å². The van der Waals surface area contributed by atoms with Crippen LogP contribution in [0.4, 0.5) is 0 Å². The maximum absolute atomic E-state index is 11.8. The van der Waals surface area contributed by atoms with Crippen LogP contribution in [0, 0.1) is 5.92 Å². The summed E-state index contributed by atoms with van der Waals surface area (Å²) in [5.41, 5.74) is 0.680.